The molecule has 0 radical (unpaired) electrons. The van der Waals surface area contributed by atoms with Gasteiger partial charge in [0.1, 0.15) is 0 Å². The van der Waals surface area contributed by atoms with Gasteiger partial charge in [-0.1, -0.05) is 18.2 Å². The number of fused-ring (bicyclic) bond motifs is 1. The molecule has 0 fully saturated rings. The molecule has 0 spiro atoms. The van der Waals surface area contributed by atoms with Gasteiger partial charge in [-0.15, -0.1) is 0 Å². The molecule has 0 aliphatic rings. The Bertz CT molecular complexity index is 1140. The second kappa shape index (κ2) is 7.32. The first-order valence-corrected chi connectivity index (χ1v) is 8.66. The van der Waals surface area contributed by atoms with Crippen LogP contribution in [0.1, 0.15) is 20.7 Å². The van der Waals surface area contributed by atoms with Crippen LogP contribution < -0.4 is 10.2 Å². The third-order valence-electron chi connectivity index (χ3n) is 4.33. The average Bonchev–Trinajstić information content (AvgIpc) is 3.15. The summed E-state index contributed by atoms with van der Waals surface area (Å²) in [4.78, 5) is 37.9. The summed E-state index contributed by atoms with van der Waals surface area (Å²) in [6.07, 6.45) is 3.08. The zero-order chi connectivity index (χ0) is 19.5. The number of aromatic amines is 1. The number of carbonyl (C=O) groups is 2. The van der Waals surface area contributed by atoms with E-state index in [1.807, 2.05) is 30.3 Å². The number of anilines is 2. The lowest BCUT2D eigenvalue weighted by Gasteiger charge is -2.17. The summed E-state index contributed by atoms with van der Waals surface area (Å²) in [6, 6.07) is 18.0. The van der Waals surface area contributed by atoms with Crippen molar-refractivity contribution in [3.05, 3.63) is 84.2 Å². The monoisotopic (exact) mass is 371 g/mol. The van der Waals surface area contributed by atoms with Crippen LogP contribution in [0.2, 0.25) is 0 Å². The van der Waals surface area contributed by atoms with Crippen molar-refractivity contribution in [2.45, 2.75) is 0 Å². The van der Waals surface area contributed by atoms with E-state index in [9.17, 15) is 9.59 Å². The normalized spacial score (nSPS) is 10.6. The van der Waals surface area contributed by atoms with E-state index in [1.165, 1.54) is 6.20 Å². The summed E-state index contributed by atoms with van der Waals surface area (Å²) >= 11 is 0. The Morgan fingerprint density at radius 2 is 1.82 bits per heavy atom. The molecule has 7 nitrogen and oxygen atoms in total. The zero-order valence-electron chi connectivity index (χ0n) is 15.1. The standard InChI is InChI=1S/C21H17N5O2/c1-26(16-7-3-2-4-8-16)20(28)14-9-10-17-18(12-14)24-21(23-17)25-19(27)15-6-5-11-22-13-15/h2-13H,1H3,(H2,23,24,25,27). The third-order valence-corrected chi connectivity index (χ3v) is 4.33. The molecule has 4 aromatic rings. The predicted octanol–water partition coefficient (Wildman–Crippen LogP) is 3.49. The Morgan fingerprint density at radius 3 is 2.57 bits per heavy atom. The fraction of sp³-hybridized carbons (Fsp3) is 0.0476. The molecule has 0 bridgehead atoms. The van der Waals surface area contributed by atoms with E-state index < -0.39 is 0 Å². The molecule has 4 rings (SSSR count). The summed E-state index contributed by atoms with van der Waals surface area (Å²) in [6.45, 7) is 0. The molecular formula is C21H17N5O2. The number of H-pyrrole nitrogens is 1. The molecule has 0 unspecified atom stereocenters. The van der Waals surface area contributed by atoms with Crippen LogP contribution in [-0.4, -0.2) is 33.8 Å². The topological polar surface area (TPSA) is 91.0 Å². The van der Waals surface area contributed by atoms with E-state index in [4.69, 9.17) is 0 Å². The second-order valence-electron chi connectivity index (χ2n) is 6.21. The number of hydrogen-bond donors (Lipinski definition) is 2. The van der Waals surface area contributed by atoms with Crippen molar-refractivity contribution in [2.24, 2.45) is 0 Å². The highest BCUT2D eigenvalue weighted by atomic mass is 16.2. The van der Waals surface area contributed by atoms with Crippen LogP contribution in [0.4, 0.5) is 11.6 Å². The van der Waals surface area contributed by atoms with Gasteiger partial charge in [-0.25, -0.2) is 4.98 Å². The summed E-state index contributed by atoms with van der Waals surface area (Å²) in [5, 5.41) is 2.70. The molecular weight excluding hydrogens is 354 g/mol. The van der Waals surface area contributed by atoms with Crippen molar-refractivity contribution in [3.63, 3.8) is 0 Å². The van der Waals surface area contributed by atoms with Gasteiger partial charge in [-0.05, 0) is 42.5 Å². The van der Waals surface area contributed by atoms with E-state index in [0.29, 0.717) is 28.1 Å². The fourth-order valence-electron chi connectivity index (χ4n) is 2.84. The van der Waals surface area contributed by atoms with E-state index >= 15 is 0 Å². The van der Waals surface area contributed by atoms with Gasteiger partial charge >= 0.3 is 0 Å². The van der Waals surface area contributed by atoms with Gasteiger partial charge < -0.3 is 9.88 Å². The summed E-state index contributed by atoms with van der Waals surface area (Å²) in [7, 11) is 1.73. The highest BCUT2D eigenvalue weighted by Gasteiger charge is 2.15. The number of amides is 2. The summed E-state index contributed by atoms with van der Waals surface area (Å²) in [5.41, 5.74) is 3.08. The van der Waals surface area contributed by atoms with Gasteiger partial charge in [-0.2, -0.15) is 0 Å². The maximum absolute atomic E-state index is 12.8. The Hall–Kier alpha value is -4.00. The zero-order valence-corrected chi connectivity index (χ0v) is 15.1. The Kier molecular flexibility index (Phi) is 4.55. The summed E-state index contributed by atoms with van der Waals surface area (Å²) < 4.78 is 0. The van der Waals surface area contributed by atoms with Crippen LogP contribution >= 0.6 is 0 Å². The Labute approximate surface area is 161 Å². The first-order chi connectivity index (χ1) is 13.6. The summed E-state index contributed by atoms with van der Waals surface area (Å²) in [5.74, 6) is -0.138. The molecule has 2 amide bonds. The molecule has 28 heavy (non-hydrogen) atoms. The number of carbonyl (C=O) groups excluding carboxylic acids is 2. The Morgan fingerprint density at radius 1 is 1.00 bits per heavy atom. The smallest absolute Gasteiger partial charge is 0.259 e. The van der Waals surface area contributed by atoms with Crippen molar-refractivity contribution in [3.8, 4) is 0 Å². The molecule has 0 saturated carbocycles. The molecule has 2 aromatic carbocycles. The predicted molar refractivity (Wildman–Crippen MR) is 107 cm³/mol. The van der Waals surface area contributed by atoms with Crippen molar-refractivity contribution >= 4 is 34.5 Å². The minimum absolute atomic E-state index is 0.136. The van der Waals surface area contributed by atoms with E-state index in [0.717, 1.165) is 5.69 Å². The highest BCUT2D eigenvalue weighted by Crippen LogP contribution is 2.20. The van der Waals surface area contributed by atoms with Crippen LogP contribution in [-0.2, 0) is 0 Å². The van der Waals surface area contributed by atoms with Gasteiger partial charge in [0.15, 0.2) is 0 Å². The number of nitrogens with one attached hydrogen (secondary N) is 2. The molecule has 7 heteroatoms. The van der Waals surface area contributed by atoms with Crippen LogP contribution in [0.15, 0.2) is 73.1 Å². The lowest BCUT2D eigenvalue weighted by molar-refractivity contribution is 0.0991. The number of imidazole rings is 1. The van der Waals surface area contributed by atoms with Crippen molar-refractivity contribution in [1.82, 2.24) is 15.0 Å². The van der Waals surface area contributed by atoms with E-state index in [2.05, 4.69) is 20.3 Å². The molecule has 2 N–H and O–H groups in total. The Balaban J connectivity index is 1.56. The number of benzene rings is 2. The molecule has 2 aromatic heterocycles. The number of pyridine rings is 1. The molecule has 0 aliphatic heterocycles. The van der Waals surface area contributed by atoms with Crippen LogP contribution in [0.25, 0.3) is 11.0 Å². The van der Waals surface area contributed by atoms with E-state index in [-0.39, 0.29) is 11.8 Å². The number of aromatic nitrogens is 3. The number of hydrogen-bond acceptors (Lipinski definition) is 4. The van der Waals surface area contributed by atoms with Crippen LogP contribution in [0.3, 0.4) is 0 Å². The molecule has 138 valence electrons. The lowest BCUT2D eigenvalue weighted by atomic mass is 10.1. The molecule has 2 heterocycles. The van der Waals surface area contributed by atoms with Gasteiger partial charge in [-0.3, -0.25) is 19.9 Å². The maximum Gasteiger partial charge on any atom is 0.259 e. The second-order valence-corrected chi connectivity index (χ2v) is 6.21. The van der Waals surface area contributed by atoms with Gasteiger partial charge in [0, 0.05) is 30.7 Å². The minimum atomic E-state index is -0.313. The van der Waals surface area contributed by atoms with Gasteiger partial charge in [0.2, 0.25) is 5.95 Å². The molecule has 0 atom stereocenters. The lowest BCUT2D eigenvalue weighted by Crippen LogP contribution is -2.26. The van der Waals surface area contributed by atoms with Crippen LogP contribution in [0, 0.1) is 0 Å². The van der Waals surface area contributed by atoms with Gasteiger partial charge in [0.05, 0.1) is 16.6 Å². The number of rotatable bonds is 4. The molecule has 0 aliphatic carbocycles. The van der Waals surface area contributed by atoms with Crippen molar-refractivity contribution in [1.29, 1.82) is 0 Å². The maximum atomic E-state index is 12.8. The molecule has 0 saturated heterocycles. The van der Waals surface area contributed by atoms with Crippen molar-refractivity contribution < 1.29 is 9.59 Å². The number of nitrogens with zero attached hydrogens (tertiary/aromatic N) is 3. The average molecular weight is 371 g/mol. The minimum Gasteiger partial charge on any atom is -0.324 e. The van der Waals surface area contributed by atoms with Crippen LogP contribution in [0.5, 0.6) is 0 Å². The van der Waals surface area contributed by atoms with Crippen molar-refractivity contribution in [2.75, 3.05) is 17.3 Å². The largest absolute Gasteiger partial charge is 0.324 e. The first kappa shape index (κ1) is 17.4. The first-order valence-electron chi connectivity index (χ1n) is 8.66. The quantitative estimate of drug-likeness (QED) is 0.574. The third kappa shape index (κ3) is 3.45. The van der Waals surface area contributed by atoms with E-state index in [1.54, 1.807) is 48.5 Å². The van der Waals surface area contributed by atoms with Gasteiger partial charge in [0.25, 0.3) is 11.8 Å². The highest BCUT2D eigenvalue weighted by molar-refractivity contribution is 6.07. The SMILES string of the molecule is CN(C(=O)c1ccc2nc(NC(=O)c3cccnc3)[nH]c2c1)c1ccccc1. The number of para-hydroxylation sites is 1. The fourth-order valence-corrected chi connectivity index (χ4v) is 2.84.